The Hall–Kier alpha value is -1.26. The van der Waals surface area contributed by atoms with Crippen LogP contribution < -0.4 is 0 Å². The molecule has 1 aromatic heterocycles. The second-order valence-electron chi connectivity index (χ2n) is 4.48. The van der Waals surface area contributed by atoms with E-state index in [2.05, 4.69) is 17.1 Å². The zero-order chi connectivity index (χ0) is 12.5. The van der Waals surface area contributed by atoms with Gasteiger partial charge in [0.15, 0.2) is 11.1 Å². The van der Waals surface area contributed by atoms with Gasteiger partial charge in [0.2, 0.25) is 0 Å². The fraction of sp³-hybridized carbons (Fsp3) is 0.357. The van der Waals surface area contributed by atoms with E-state index >= 15 is 0 Å². The third kappa shape index (κ3) is 2.18. The SMILES string of the molecule is CCOS(=O)[C@H]1C[C@@H]1c1ccc2ccccc2n1. The number of hydrogen-bond donors (Lipinski definition) is 0. The average molecular weight is 261 g/mol. The van der Waals surface area contributed by atoms with Crippen LogP contribution in [-0.2, 0) is 15.3 Å². The number of nitrogens with zero attached hydrogens (tertiary/aromatic N) is 1. The Labute approximate surface area is 109 Å². The molecule has 1 fully saturated rings. The summed E-state index contributed by atoms with van der Waals surface area (Å²) in [6.07, 6.45) is 0.915. The van der Waals surface area contributed by atoms with Crippen LogP contribution in [0.15, 0.2) is 36.4 Å². The largest absolute Gasteiger partial charge is 0.291 e. The second-order valence-corrected chi connectivity index (χ2v) is 5.84. The quantitative estimate of drug-likeness (QED) is 0.849. The van der Waals surface area contributed by atoms with Crippen molar-refractivity contribution < 1.29 is 8.39 Å². The molecule has 1 aliphatic carbocycles. The molecule has 3 atom stereocenters. The lowest BCUT2D eigenvalue weighted by atomic mass is 10.2. The minimum atomic E-state index is -1.16. The van der Waals surface area contributed by atoms with Gasteiger partial charge in [0, 0.05) is 17.0 Å². The Morgan fingerprint density at radius 3 is 3.00 bits per heavy atom. The average Bonchev–Trinajstić information content (AvgIpc) is 3.19. The van der Waals surface area contributed by atoms with Gasteiger partial charge in [-0.3, -0.25) is 9.17 Å². The highest BCUT2D eigenvalue weighted by Crippen LogP contribution is 2.44. The predicted octanol–water partition coefficient (Wildman–Crippen LogP) is 2.79. The van der Waals surface area contributed by atoms with E-state index < -0.39 is 11.1 Å². The molecule has 0 bridgehead atoms. The molecule has 1 heterocycles. The number of pyridine rings is 1. The zero-order valence-electron chi connectivity index (χ0n) is 10.2. The maximum Gasteiger partial charge on any atom is 0.159 e. The van der Waals surface area contributed by atoms with Gasteiger partial charge < -0.3 is 0 Å². The van der Waals surface area contributed by atoms with Crippen molar-refractivity contribution in [3.05, 3.63) is 42.1 Å². The third-order valence-electron chi connectivity index (χ3n) is 3.21. The molecule has 2 aromatic rings. The summed E-state index contributed by atoms with van der Waals surface area (Å²) in [5, 5.41) is 1.27. The molecule has 0 aliphatic heterocycles. The summed E-state index contributed by atoms with van der Waals surface area (Å²) >= 11 is -1.16. The van der Waals surface area contributed by atoms with Crippen LogP contribution in [0.5, 0.6) is 0 Å². The Balaban J connectivity index is 1.82. The fourth-order valence-corrected chi connectivity index (χ4v) is 3.37. The first-order chi connectivity index (χ1) is 8.79. The van der Waals surface area contributed by atoms with Crippen LogP contribution in [0, 0.1) is 0 Å². The van der Waals surface area contributed by atoms with Crippen LogP contribution in [0.2, 0.25) is 0 Å². The standard InChI is InChI=1S/C14H15NO2S/c1-2-17-18(16)14-9-11(14)13-8-7-10-5-3-4-6-12(10)15-13/h3-8,11,14H,2,9H2,1H3/t11-,14+,18?/m1/s1. The molecular weight excluding hydrogens is 246 g/mol. The Bertz CT molecular complexity index is 599. The first-order valence-corrected chi connectivity index (χ1v) is 7.33. The van der Waals surface area contributed by atoms with Crippen molar-refractivity contribution in [3.63, 3.8) is 0 Å². The summed E-state index contributed by atoms with van der Waals surface area (Å²) in [7, 11) is 0. The Kier molecular flexibility index (Phi) is 3.14. The van der Waals surface area contributed by atoms with Crippen molar-refractivity contribution >= 4 is 22.0 Å². The van der Waals surface area contributed by atoms with Crippen LogP contribution >= 0.6 is 0 Å². The van der Waals surface area contributed by atoms with E-state index in [1.807, 2.05) is 31.2 Å². The molecule has 0 radical (unpaired) electrons. The van der Waals surface area contributed by atoms with Gasteiger partial charge in [-0.2, -0.15) is 0 Å². The third-order valence-corrected chi connectivity index (χ3v) is 4.70. The van der Waals surface area contributed by atoms with Gasteiger partial charge in [0.25, 0.3) is 0 Å². The number of hydrogen-bond acceptors (Lipinski definition) is 3. The van der Waals surface area contributed by atoms with Crippen molar-refractivity contribution in [2.45, 2.75) is 24.5 Å². The van der Waals surface area contributed by atoms with E-state index in [-0.39, 0.29) is 5.25 Å². The number of rotatable bonds is 4. The van der Waals surface area contributed by atoms with Crippen molar-refractivity contribution in [3.8, 4) is 0 Å². The highest BCUT2D eigenvalue weighted by molar-refractivity contribution is 7.81. The first-order valence-electron chi connectivity index (χ1n) is 6.19. The normalized spacial score (nSPS) is 24.1. The Morgan fingerprint density at radius 1 is 1.33 bits per heavy atom. The molecule has 0 spiro atoms. The Morgan fingerprint density at radius 2 is 2.17 bits per heavy atom. The monoisotopic (exact) mass is 261 g/mol. The predicted molar refractivity (Wildman–Crippen MR) is 72.7 cm³/mol. The molecule has 0 saturated heterocycles. The van der Waals surface area contributed by atoms with Gasteiger partial charge in [-0.05, 0) is 25.5 Å². The molecule has 1 saturated carbocycles. The molecule has 1 aliphatic rings. The van der Waals surface area contributed by atoms with E-state index in [1.54, 1.807) is 0 Å². The molecule has 1 aromatic carbocycles. The van der Waals surface area contributed by atoms with Gasteiger partial charge in [-0.25, -0.2) is 4.21 Å². The lowest BCUT2D eigenvalue weighted by Crippen LogP contribution is -2.04. The molecular formula is C14H15NO2S. The summed E-state index contributed by atoms with van der Waals surface area (Å²) in [4.78, 5) is 4.64. The molecule has 94 valence electrons. The molecule has 3 rings (SSSR count). The van der Waals surface area contributed by atoms with Gasteiger partial charge >= 0.3 is 0 Å². The summed E-state index contributed by atoms with van der Waals surface area (Å²) in [5.41, 5.74) is 2.04. The van der Waals surface area contributed by atoms with E-state index in [0.29, 0.717) is 12.5 Å². The molecule has 1 unspecified atom stereocenters. The smallest absolute Gasteiger partial charge is 0.159 e. The minimum Gasteiger partial charge on any atom is -0.291 e. The highest BCUT2D eigenvalue weighted by atomic mass is 32.2. The summed E-state index contributed by atoms with van der Waals surface area (Å²) < 4.78 is 16.9. The van der Waals surface area contributed by atoms with Crippen LogP contribution in [0.3, 0.4) is 0 Å². The van der Waals surface area contributed by atoms with Crippen molar-refractivity contribution in [1.82, 2.24) is 4.98 Å². The summed E-state index contributed by atoms with van der Waals surface area (Å²) in [6.45, 7) is 2.37. The number of para-hydroxylation sites is 1. The summed E-state index contributed by atoms with van der Waals surface area (Å²) in [5.74, 6) is 0.294. The van der Waals surface area contributed by atoms with Crippen LogP contribution in [0.4, 0.5) is 0 Å². The summed E-state index contributed by atoms with van der Waals surface area (Å²) in [6, 6.07) is 12.2. The first kappa shape index (κ1) is 11.8. The van der Waals surface area contributed by atoms with Gasteiger partial charge in [0.1, 0.15) is 0 Å². The van der Waals surface area contributed by atoms with Crippen LogP contribution in [0.1, 0.15) is 25.0 Å². The van der Waals surface area contributed by atoms with E-state index in [1.165, 1.54) is 0 Å². The molecule has 0 N–H and O–H groups in total. The van der Waals surface area contributed by atoms with E-state index in [9.17, 15) is 4.21 Å². The molecule has 18 heavy (non-hydrogen) atoms. The van der Waals surface area contributed by atoms with Gasteiger partial charge in [-0.1, -0.05) is 24.3 Å². The fourth-order valence-electron chi connectivity index (χ4n) is 2.19. The van der Waals surface area contributed by atoms with E-state index in [0.717, 1.165) is 23.0 Å². The number of fused-ring (bicyclic) bond motifs is 1. The molecule has 4 heteroatoms. The van der Waals surface area contributed by atoms with Crippen molar-refractivity contribution in [2.75, 3.05) is 6.61 Å². The molecule has 3 nitrogen and oxygen atoms in total. The second kappa shape index (κ2) is 4.78. The van der Waals surface area contributed by atoms with Gasteiger partial charge in [-0.15, -0.1) is 0 Å². The zero-order valence-corrected chi connectivity index (χ0v) is 11.0. The van der Waals surface area contributed by atoms with E-state index in [4.69, 9.17) is 4.18 Å². The topological polar surface area (TPSA) is 39.2 Å². The highest BCUT2D eigenvalue weighted by Gasteiger charge is 2.45. The van der Waals surface area contributed by atoms with Gasteiger partial charge in [0.05, 0.1) is 17.4 Å². The maximum absolute atomic E-state index is 11.7. The maximum atomic E-state index is 11.7. The van der Waals surface area contributed by atoms with Crippen LogP contribution in [0.25, 0.3) is 10.9 Å². The lowest BCUT2D eigenvalue weighted by Gasteiger charge is -2.02. The minimum absolute atomic E-state index is 0.124. The lowest BCUT2D eigenvalue weighted by molar-refractivity contribution is 0.370. The van der Waals surface area contributed by atoms with Crippen molar-refractivity contribution in [1.29, 1.82) is 0 Å². The number of aromatic nitrogens is 1. The molecule has 0 amide bonds. The van der Waals surface area contributed by atoms with Crippen LogP contribution in [-0.4, -0.2) is 21.0 Å². The van der Waals surface area contributed by atoms with Crippen molar-refractivity contribution in [2.24, 2.45) is 0 Å². The number of benzene rings is 1.